The van der Waals surface area contributed by atoms with Gasteiger partial charge in [0.2, 0.25) is 5.91 Å². The van der Waals surface area contributed by atoms with Crippen LogP contribution in [0.15, 0.2) is 0 Å². The van der Waals surface area contributed by atoms with Gasteiger partial charge in [0, 0.05) is 31.1 Å². The first kappa shape index (κ1) is 17.6. The van der Waals surface area contributed by atoms with Crippen LogP contribution in [-0.4, -0.2) is 60.2 Å². The van der Waals surface area contributed by atoms with Crippen LogP contribution in [0.5, 0.6) is 0 Å². The van der Waals surface area contributed by atoms with Crippen LogP contribution >= 0.6 is 11.3 Å². The number of hydrogen-bond donors (Lipinski definition) is 1. The molecule has 4 heterocycles. The van der Waals surface area contributed by atoms with Crippen molar-refractivity contribution in [1.29, 1.82) is 0 Å². The van der Waals surface area contributed by atoms with Crippen LogP contribution in [-0.2, 0) is 16.1 Å². The van der Waals surface area contributed by atoms with Crippen molar-refractivity contribution in [2.45, 2.75) is 26.8 Å². The maximum atomic E-state index is 11.6. The number of rotatable bonds is 4. The summed E-state index contributed by atoms with van der Waals surface area (Å²) in [6.07, 6.45) is 0.793. The maximum absolute atomic E-state index is 11.6. The Morgan fingerprint density at radius 1 is 1.27 bits per heavy atom. The molecular formula is C18H25N5O2S. The minimum absolute atomic E-state index is 0.0947. The van der Waals surface area contributed by atoms with E-state index < -0.39 is 0 Å². The van der Waals surface area contributed by atoms with Gasteiger partial charge < -0.3 is 15.4 Å². The van der Waals surface area contributed by atoms with Gasteiger partial charge in [-0.05, 0) is 25.8 Å². The highest BCUT2D eigenvalue weighted by molar-refractivity contribution is 7.18. The molecule has 8 heteroatoms. The highest BCUT2D eigenvalue weighted by atomic mass is 32.1. The number of carbonyl (C=O) groups excluding carboxylic acids is 1. The van der Waals surface area contributed by atoms with Gasteiger partial charge in [0.25, 0.3) is 0 Å². The predicted molar refractivity (Wildman–Crippen MR) is 102 cm³/mol. The average Bonchev–Trinajstić information content (AvgIpc) is 3.21. The molecule has 0 spiro atoms. The van der Waals surface area contributed by atoms with Crippen molar-refractivity contribution >= 4 is 33.3 Å². The van der Waals surface area contributed by atoms with E-state index in [0.717, 1.165) is 67.7 Å². The van der Waals surface area contributed by atoms with E-state index in [1.165, 1.54) is 10.4 Å². The number of hydrogen-bond acceptors (Lipinski definition) is 7. The summed E-state index contributed by atoms with van der Waals surface area (Å²) in [5, 5.41) is 1.13. The lowest BCUT2D eigenvalue weighted by Crippen LogP contribution is -2.36. The third-order valence-electron chi connectivity index (χ3n) is 5.41. The number of amides is 1. The third-order valence-corrected chi connectivity index (χ3v) is 6.52. The summed E-state index contributed by atoms with van der Waals surface area (Å²) in [6.45, 7) is 9.79. The number of primary amides is 1. The Kier molecular flexibility index (Phi) is 4.81. The molecule has 0 saturated carbocycles. The fourth-order valence-corrected chi connectivity index (χ4v) is 4.76. The van der Waals surface area contributed by atoms with E-state index in [9.17, 15) is 4.79 Å². The van der Waals surface area contributed by atoms with Crippen LogP contribution in [0.2, 0.25) is 0 Å². The molecule has 0 aliphatic carbocycles. The van der Waals surface area contributed by atoms with Gasteiger partial charge in [-0.15, -0.1) is 11.3 Å². The fourth-order valence-electron chi connectivity index (χ4n) is 3.72. The Bertz CT molecular complexity index is 831. The molecule has 1 unspecified atom stereocenters. The molecule has 2 N–H and O–H groups in total. The molecule has 0 bridgehead atoms. The monoisotopic (exact) mass is 375 g/mol. The van der Waals surface area contributed by atoms with E-state index in [0.29, 0.717) is 6.54 Å². The summed E-state index contributed by atoms with van der Waals surface area (Å²) in [5.41, 5.74) is 6.76. The quantitative estimate of drug-likeness (QED) is 0.871. The lowest BCUT2D eigenvalue weighted by Gasteiger charge is -2.26. The number of nitrogens with zero attached hydrogens (tertiary/aromatic N) is 4. The summed E-state index contributed by atoms with van der Waals surface area (Å²) in [4.78, 5) is 28.2. The second kappa shape index (κ2) is 7.09. The van der Waals surface area contributed by atoms with Crippen molar-refractivity contribution in [3.8, 4) is 0 Å². The van der Waals surface area contributed by atoms with Gasteiger partial charge in [0.05, 0.1) is 31.1 Å². The van der Waals surface area contributed by atoms with Gasteiger partial charge in [0.15, 0.2) is 0 Å². The summed E-state index contributed by atoms with van der Waals surface area (Å²) in [6, 6.07) is 0. The Labute approximate surface area is 157 Å². The number of morpholine rings is 1. The lowest BCUT2D eigenvalue weighted by molar-refractivity contribution is -0.121. The zero-order chi connectivity index (χ0) is 18.3. The van der Waals surface area contributed by atoms with Crippen molar-refractivity contribution in [1.82, 2.24) is 14.9 Å². The average molecular weight is 375 g/mol. The molecule has 2 fully saturated rings. The van der Waals surface area contributed by atoms with Crippen LogP contribution in [0.4, 0.5) is 5.82 Å². The normalized spacial score (nSPS) is 21.6. The number of thiophene rings is 1. The number of carbonyl (C=O) groups is 1. The number of nitrogens with two attached hydrogens (primary N) is 1. The van der Waals surface area contributed by atoms with Crippen LogP contribution in [0.3, 0.4) is 0 Å². The number of ether oxygens (including phenoxy) is 1. The molecule has 0 aromatic carbocycles. The van der Waals surface area contributed by atoms with Crippen molar-refractivity contribution in [3.63, 3.8) is 0 Å². The molecule has 4 rings (SSSR count). The Balaban J connectivity index is 1.70. The van der Waals surface area contributed by atoms with Crippen molar-refractivity contribution in [2.24, 2.45) is 11.7 Å². The minimum atomic E-state index is -0.218. The lowest BCUT2D eigenvalue weighted by atomic mass is 10.1. The van der Waals surface area contributed by atoms with Gasteiger partial charge in [-0.2, -0.15) is 0 Å². The Hall–Kier alpha value is -1.77. The molecular weight excluding hydrogens is 350 g/mol. The molecule has 0 radical (unpaired) electrons. The molecule has 2 aromatic rings. The SMILES string of the molecule is Cc1sc2nc(CN3CCOCC3)nc(N3CCC(C(N)=O)C3)c2c1C. The Morgan fingerprint density at radius 2 is 2.04 bits per heavy atom. The zero-order valence-corrected chi connectivity index (χ0v) is 16.1. The van der Waals surface area contributed by atoms with Gasteiger partial charge in [0.1, 0.15) is 16.5 Å². The van der Waals surface area contributed by atoms with Gasteiger partial charge >= 0.3 is 0 Å². The topological polar surface area (TPSA) is 84.6 Å². The van der Waals surface area contributed by atoms with Crippen LogP contribution < -0.4 is 10.6 Å². The third kappa shape index (κ3) is 3.28. The number of fused-ring (bicyclic) bond motifs is 1. The van der Waals surface area contributed by atoms with Gasteiger partial charge in [-0.1, -0.05) is 0 Å². The summed E-state index contributed by atoms with van der Waals surface area (Å²) in [5.74, 6) is 1.49. The summed E-state index contributed by atoms with van der Waals surface area (Å²) < 4.78 is 5.43. The largest absolute Gasteiger partial charge is 0.379 e. The predicted octanol–water partition coefficient (Wildman–Crippen LogP) is 1.45. The zero-order valence-electron chi connectivity index (χ0n) is 15.3. The molecule has 2 aromatic heterocycles. The van der Waals surface area contributed by atoms with Gasteiger partial charge in [-0.3, -0.25) is 9.69 Å². The molecule has 2 aliphatic rings. The Morgan fingerprint density at radius 3 is 2.73 bits per heavy atom. The maximum Gasteiger partial charge on any atom is 0.222 e. The molecule has 7 nitrogen and oxygen atoms in total. The van der Waals surface area contributed by atoms with E-state index in [1.807, 2.05) is 0 Å². The smallest absolute Gasteiger partial charge is 0.222 e. The van der Waals surface area contributed by atoms with E-state index in [-0.39, 0.29) is 11.8 Å². The molecule has 1 atom stereocenters. The van der Waals surface area contributed by atoms with E-state index >= 15 is 0 Å². The van der Waals surface area contributed by atoms with E-state index in [1.54, 1.807) is 11.3 Å². The minimum Gasteiger partial charge on any atom is -0.379 e. The van der Waals surface area contributed by atoms with Crippen molar-refractivity contribution < 1.29 is 9.53 Å². The standard InChI is InChI=1S/C18H25N5O2S/c1-11-12(2)26-18-15(11)17(23-4-3-13(9-23)16(19)24)20-14(21-18)10-22-5-7-25-8-6-22/h13H,3-10H2,1-2H3,(H2,19,24). The first-order valence-electron chi connectivity index (χ1n) is 9.14. The van der Waals surface area contributed by atoms with Crippen molar-refractivity contribution in [2.75, 3.05) is 44.3 Å². The number of aryl methyl sites for hydroxylation is 2. The molecule has 2 saturated heterocycles. The van der Waals surface area contributed by atoms with Crippen LogP contribution in [0.1, 0.15) is 22.7 Å². The number of anilines is 1. The highest BCUT2D eigenvalue weighted by Gasteiger charge is 2.30. The van der Waals surface area contributed by atoms with Crippen LogP contribution in [0.25, 0.3) is 10.2 Å². The van der Waals surface area contributed by atoms with Crippen molar-refractivity contribution in [3.05, 3.63) is 16.3 Å². The van der Waals surface area contributed by atoms with E-state index in [4.69, 9.17) is 20.4 Å². The molecule has 140 valence electrons. The fraction of sp³-hybridized carbons (Fsp3) is 0.611. The van der Waals surface area contributed by atoms with E-state index in [2.05, 4.69) is 23.6 Å². The summed E-state index contributed by atoms with van der Waals surface area (Å²) in [7, 11) is 0. The first-order valence-corrected chi connectivity index (χ1v) is 9.95. The second-order valence-corrected chi connectivity index (χ2v) is 8.35. The highest BCUT2D eigenvalue weighted by Crippen LogP contribution is 2.36. The molecule has 2 aliphatic heterocycles. The second-order valence-electron chi connectivity index (χ2n) is 7.15. The van der Waals surface area contributed by atoms with Gasteiger partial charge in [-0.25, -0.2) is 9.97 Å². The summed E-state index contributed by atoms with van der Waals surface area (Å²) >= 11 is 1.72. The number of aromatic nitrogens is 2. The molecule has 1 amide bonds. The first-order chi connectivity index (χ1) is 12.5. The molecule has 26 heavy (non-hydrogen) atoms. The van der Waals surface area contributed by atoms with Crippen LogP contribution in [0, 0.1) is 19.8 Å².